The zero-order valence-electron chi connectivity index (χ0n) is 13.0. The molecule has 2 aromatic carbocycles. The first-order valence-corrected chi connectivity index (χ1v) is 7.37. The molecule has 0 aliphatic carbocycles. The van der Waals surface area contributed by atoms with Gasteiger partial charge in [-0.05, 0) is 24.6 Å². The zero-order valence-corrected chi connectivity index (χ0v) is 13.0. The largest absolute Gasteiger partial charge is 0.352 e. The molecule has 2 amide bonds. The van der Waals surface area contributed by atoms with Gasteiger partial charge >= 0.3 is 0 Å². The van der Waals surface area contributed by atoms with Gasteiger partial charge in [-0.25, -0.2) is 5.43 Å². The van der Waals surface area contributed by atoms with Gasteiger partial charge in [0.05, 0.1) is 6.21 Å². The topological polar surface area (TPSA) is 70.6 Å². The van der Waals surface area contributed by atoms with Crippen LogP contribution >= 0.6 is 0 Å². The van der Waals surface area contributed by atoms with E-state index in [4.69, 9.17) is 0 Å². The number of amides is 2. The summed E-state index contributed by atoms with van der Waals surface area (Å²) in [5, 5.41) is 6.58. The van der Waals surface area contributed by atoms with Crippen molar-refractivity contribution in [1.82, 2.24) is 10.7 Å². The van der Waals surface area contributed by atoms with Gasteiger partial charge in [-0.3, -0.25) is 9.59 Å². The fraction of sp³-hybridized carbons (Fsp3) is 0.167. The first-order chi connectivity index (χ1) is 11.1. The fourth-order valence-corrected chi connectivity index (χ4v) is 1.87. The minimum absolute atomic E-state index is 0.170. The second-order valence-corrected chi connectivity index (χ2v) is 5.08. The summed E-state index contributed by atoms with van der Waals surface area (Å²) in [6.07, 6.45) is 1.75. The standard InChI is InChI=1S/C18H19N3O2/c1-14-7-9-15(10-8-14)13-20-21-17(22)11-12-19-18(23)16-5-3-2-4-6-16/h2-10,13H,11-12H2,1H3,(H,19,23)(H,21,22). The molecule has 0 atom stereocenters. The van der Waals surface area contributed by atoms with Gasteiger partial charge in [0, 0.05) is 18.5 Å². The summed E-state index contributed by atoms with van der Waals surface area (Å²) < 4.78 is 0. The number of aryl methyl sites for hydroxylation is 1. The molecule has 5 nitrogen and oxygen atoms in total. The number of hydrogen-bond acceptors (Lipinski definition) is 3. The highest BCUT2D eigenvalue weighted by atomic mass is 16.2. The minimum atomic E-state index is -0.248. The van der Waals surface area contributed by atoms with Gasteiger partial charge in [-0.2, -0.15) is 5.10 Å². The van der Waals surface area contributed by atoms with Crippen LogP contribution in [-0.2, 0) is 4.79 Å². The van der Waals surface area contributed by atoms with E-state index < -0.39 is 0 Å². The molecular formula is C18H19N3O2. The summed E-state index contributed by atoms with van der Waals surface area (Å²) in [7, 11) is 0. The van der Waals surface area contributed by atoms with Crippen LogP contribution in [0.25, 0.3) is 0 Å². The van der Waals surface area contributed by atoms with E-state index in [-0.39, 0.29) is 24.8 Å². The molecule has 0 aliphatic rings. The van der Waals surface area contributed by atoms with Gasteiger partial charge in [0.15, 0.2) is 0 Å². The number of hydrazone groups is 1. The summed E-state index contributed by atoms with van der Waals surface area (Å²) in [5.74, 6) is -0.441. The lowest BCUT2D eigenvalue weighted by Crippen LogP contribution is -2.28. The van der Waals surface area contributed by atoms with E-state index in [0.717, 1.165) is 5.56 Å². The average molecular weight is 309 g/mol. The molecule has 2 aromatic rings. The Morgan fingerprint density at radius 3 is 2.43 bits per heavy atom. The quantitative estimate of drug-likeness (QED) is 0.635. The van der Waals surface area contributed by atoms with Crippen LogP contribution in [0, 0.1) is 6.92 Å². The van der Waals surface area contributed by atoms with Crippen LogP contribution in [0.3, 0.4) is 0 Å². The lowest BCUT2D eigenvalue weighted by atomic mass is 10.2. The van der Waals surface area contributed by atoms with E-state index in [1.165, 1.54) is 5.56 Å². The molecule has 2 rings (SSSR count). The van der Waals surface area contributed by atoms with Crippen molar-refractivity contribution in [2.24, 2.45) is 5.10 Å². The third kappa shape index (κ3) is 5.74. The number of rotatable bonds is 6. The third-order valence-electron chi connectivity index (χ3n) is 3.15. The molecule has 23 heavy (non-hydrogen) atoms. The van der Waals surface area contributed by atoms with E-state index in [1.807, 2.05) is 37.3 Å². The molecule has 118 valence electrons. The van der Waals surface area contributed by atoms with Gasteiger partial charge in [-0.15, -0.1) is 0 Å². The van der Waals surface area contributed by atoms with Gasteiger partial charge in [-0.1, -0.05) is 48.0 Å². The van der Waals surface area contributed by atoms with Crippen LogP contribution in [0.15, 0.2) is 59.7 Å². The zero-order chi connectivity index (χ0) is 16.5. The smallest absolute Gasteiger partial charge is 0.251 e. The highest BCUT2D eigenvalue weighted by molar-refractivity contribution is 5.94. The molecule has 0 saturated carbocycles. The summed E-state index contributed by atoms with van der Waals surface area (Å²) in [6, 6.07) is 16.7. The lowest BCUT2D eigenvalue weighted by Gasteiger charge is -2.04. The summed E-state index contributed by atoms with van der Waals surface area (Å²) >= 11 is 0. The maximum Gasteiger partial charge on any atom is 0.251 e. The van der Waals surface area contributed by atoms with Gasteiger partial charge < -0.3 is 5.32 Å². The molecule has 0 aliphatic heterocycles. The first-order valence-electron chi connectivity index (χ1n) is 7.37. The summed E-state index contributed by atoms with van der Waals surface area (Å²) in [5.41, 5.74) is 5.09. The summed E-state index contributed by atoms with van der Waals surface area (Å²) in [4.78, 5) is 23.4. The van der Waals surface area contributed by atoms with Gasteiger partial charge in [0.25, 0.3) is 5.91 Å². The van der Waals surface area contributed by atoms with Crippen molar-refractivity contribution in [2.45, 2.75) is 13.3 Å². The predicted molar refractivity (Wildman–Crippen MR) is 90.3 cm³/mol. The molecule has 5 heteroatoms. The molecule has 0 spiro atoms. The van der Waals surface area contributed by atoms with E-state index >= 15 is 0 Å². The molecule has 0 aromatic heterocycles. The molecule has 0 radical (unpaired) electrons. The second kappa shape index (κ2) is 8.48. The average Bonchev–Trinajstić information content (AvgIpc) is 2.57. The molecule has 2 N–H and O–H groups in total. The Hall–Kier alpha value is -2.95. The lowest BCUT2D eigenvalue weighted by molar-refractivity contribution is -0.120. The van der Waals surface area contributed by atoms with Crippen molar-refractivity contribution in [3.05, 3.63) is 71.3 Å². The summed E-state index contributed by atoms with van der Waals surface area (Å²) in [6.45, 7) is 2.27. The third-order valence-corrected chi connectivity index (χ3v) is 3.15. The van der Waals surface area contributed by atoms with Crippen molar-refractivity contribution in [2.75, 3.05) is 6.54 Å². The minimum Gasteiger partial charge on any atom is -0.352 e. The van der Waals surface area contributed by atoms with E-state index in [0.29, 0.717) is 5.56 Å². The number of hydrogen-bond donors (Lipinski definition) is 2. The van der Waals surface area contributed by atoms with E-state index in [9.17, 15) is 9.59 Å². The first kappa shape index (κ1) is 16.4. The fourth-order valence-electron chi connectivity index (χ4n) is 1.87. The predicted octanol–water partition coefficient (Wildman–Crippen LogP) is 2.27. The monoisotopic (exact) mass is 309 g/mol. The van der Waals surface area contributed by atoms with Crippen molar-refractivity contribution < 1.29 is 9.59 Å². The van der Waals surface area contributed by atoms with Crippen LogP contribution in [0.5, 0.6) is 0 Å². The second-order valence-electron chi connectivity index (χ2n) is 5.08. The Balaban J connectivity index is 1.69. The number of benzene rings is 2. The van der Waals surface area contributed by atoms with Crippen LogP contribution < -0.4 is 10.7 Å². The van der Waals surface area contributed by atoms with E-state index in [2.05, 4.69) is 15.8 Å². The number of nitrogens with zero attached hydrogens (tertiary/aromatic N) is 1. The Bertz CT molecular complexity index is 679. The normalized spacial score (nSPS) is 10.5. The van der Waals surface area contributed by atoms with Crippen molar-refractivity contribution >= 4 is 18.0 Å². The SMILES string of the molecule is Cc1ccc(C=NNC(=O)CCNC(=O)c2ccccc2)cc1. The number of carbonyl (C=O) groups is 2. The van der Waals surface area contributed by atoms with Gasteiger partial charge in [0.2, 0.25) is 5.91 Å². The Morgan fingerprint density at radius 2 is 1.74 bits per heavy atom. The Morgan fingerprint density at radius 1 is 1.04 bits per heavy atom. The number of nitrogens with one attached hydrogen (secondary N) is 2. The van der Waals surface area contributed by atoms with Crippen molar-refractivity contribution in [3.8, 4) is 0 Å². The molecule has 0 fully saturated rings. The van der Waals surface area contributed by atoms with Crippen molar-refractivity contribution in [3.63, 3.8) is 0 Å². The highest BCUT2D eigenvalue weighted by Crippen LogP contribution is 2.00. The molecule has 0 unspecified atom stereocenters. The van der Waals surface area contributed by atoms with Crippen LogP contribution in [0.2, 0.25) is 0 Å². The molecule has 0 saturated heterocycles. The van der Waals surface area contributed by atoms with Crippen molar-refractivity contribution in [1.29, 1.82) is 0 Å². The van der Waals surface area contributed by atoms with Crippen LogP contribution in [0.4, 0.5) is 0 Å². The maximum atomic E-state index is 11.8. The van der Waals surface area contributed by atoms with Crippen LogP contribution in [0.1, 0.15) is 27.9 Å². The Kier molecular flexibility index (Phi) is 6.06. The Labute approximate surface area is 135 Å². The number of carbonyl (C=O) groups excluding carboxylic acids is 2. The molecular weight excluding hydrogens is 290 g/mol. The maximum absolute atomic E-state index is 11.8. The van der Waals surface area contributed by atoms with Crippen LogP contribution in [-0.4, -0.2) is 24.6 Å². The van der Waals surface area contributed by atoms with E-state index in [1.54, 1.807) is 30.5 Å². The molecule has 0 bridgehead atoms. The molecule has 0 heterocycles. The van der Waals surface area contributed by atoms with Gasteiger partial charge in [0.1, 0.15) is 0 Å². The highest BCUT2D eigenvalue weighted by Gasteiger charge is 2.05.